The molecule has 0 radical (unpaired) electrons. The maximum absolute atomic E-state index is 13.9. The van der Waals surface area contributed by atoms with Gasteiger partial charge in [-0.1, -0.05) is 12.1 Å². The molecule has 0 unspecified atom stereocenters. The molecule has 0 bridgehead atoms. The number of rotatable bonds is 4. The molecule has 0 spiro atoms. The summed E-state index contributed by atoms with van der Waals surface area (Å²) in [6.07, 6.45) is 4.98. The van der Waals surface area contributed by atoms with E-state index >= 15 is 0 Å². The third-order valence-electron chi connectivity index (χ3n) is 6.70. The molecule has 2 fully saturated rings. The smallest absolute Gasteiger partial charge is 0.249 e. The van der Waals surface area contributed by atoms with Gasteiger partial charge in [0.2, 0.25) is 5.91 Å². The fourth-order valence-corrected chi connectivity index (χ4v) is 4.90. The van der Waals surface area contributed by atoms with E-state index in [9.17, 15) is 14.4 Å². The van der Waals surface area contributed by atoms with Gasteiger partial charge in [0.25, 0.3) is 0 Å². The van der Waals surface area contributed by atoms with Crippen molar-refractivity contribution in [2.75, 3.05) is 6.61 Å². The number of hydrogen-bond donors (Lipinski definition) is 0. The molecule has 1 aliphatic carbocycles. The molecule has 0 N–H and O–H groups in total. The Morgan fingerprint density at radius 2 is 1.88 bits per heavy atom. The third kappa shape index (κ3) is 4.66. The lowest BCUT2D eigenvalue weighted by Crippen LogP contribution is -2.36. The van der Waals surface area contributed by atoms with Gasteiger partial charge >= 0.3 is 0 Å². The number of hydroxylamine groups is 2. The Morgan fingerprint density at radius 1 is 1.09 bits per heavy atom. The zero-order valence-electron chi connectivity index (χ0n) is 18.2. The first-order valence-corrected chi connectivity index (χ1v) is 11.1. The summed E-state index contributed by atoms with van der Waals surface area (Å²) >= 11 is 0. The minimum absolute atomic E-state index is 0.0455. The quantitative estimate of drug-likeness (QED) is 0.672. The normalized spacial score (nSPS) is 22.9. The van der Waals surface area contributed by atoms with E-state index in [0.717, 1.165) is 43.2 Å². The van der Waals surface area contributed by atoms with E-state index in [-0.39, 0.29) is 23.4 Å². The average Bonchev–Trinajstić information content (AvgIpc) is 3.30. The van der Waals surface area contributed by atoms with Crippen molar-refractivity contribution in [2.45, 2.75) is 51.5 Å². The Labute approximate surface area is 188 Å². The Kier molecular flexibility index (Phi) is 6.53. The Morgan fingerprint density at radius 3 is 2.59 bits per heavy atom. The lowest BCUT2D eigenvalue weighted by atomic mass is 9.78. The Bertz CT molecular complexity index is 1090. The summed E-state index contributed by atoms with van der Waals surface area (Å²) in [5, 5.41) is 19.8. The third-order valence-corrected chi connectivity index (χ3v) is 6.70. The predicted octanol–water partition coefficient (Wildman–Crippen LogP) is 5.13. The van der Waals surface area contributed by atoms with Gasteiger partial charge in [0.1, 0.15) is 5.82 Å². The van der Waals surface area contributed by atoms with Gasteiger partial charge < -0.3 is 0 Å². The SMILES string of the molecule is Cc1ccc(C[C@H]2CC[C@H](C(=O)N3OCC[C@H]3c3cc(F)cc(C#N)c3)CC2)cc1C#N. The molecular formula is C26H26FN3O2. The first-order valence-electron chi connectivity index (χ1n) is 11.1. The predicted molar refractivity (Wildman–Crippen MR) is 116 cm³/mol. The highest BCUT2D eigenvalue weighted by atomic mass is 19.1. The lowest BCUT2D eigenvalue weighted by molar-refractivity contribution is -0.183. The second kappa shape index (κ2) is 9.51. The molecular weight excluding hydrogens is 405 g/mol. The topological polar surface area (TPSA) is 77.1 Å². The van der Waals surface area contributed by atoms with Crippen molar-refractivity contribution in [3.63, 3.8) is 0 Å². The molecule has 32 heavy (non-hydrogen) atoms. The molecule has 6 heteroatoms. The van der Waals surface area contributed by atoms with Gasteiger partial charge in [-0.15, -0.1) is 0 Å². The highest BCUT2D eigenvalue weighted by Crippen LogP contribution is 2.37. The van der Waals surface area contributed by atoms with Crippen LogP contribution in [0.1, 0.15) is 66.0 Å². The highest BCUT2D eigenvalue weighted by molar-refractivity contribution is 5.78. The summed E-state index contributed by atoms with van der Waals surface area (Å²) in [6.45, 7) is 2.34. The summed E-state index contributed by atoms with van der Waals surface area (Å²) in [5.41, 5.74) is 3.74. The van der Waals surface area contributed by atoms with E-state index in [4.69, 9.17) is 10.1 Å². The van der Waals surface area contributed by atoms with Crippen LogP contribution in [-0.2, 0) is 16.1 Å². The van der Waals surface area contributed by atoms with Crippen molar-refractivity contribution in [1.29, 1.82) is 10.5 Å². The summed E-state index contributed by atoms with van der Waals surface area (Å²) in [4.78, 5) is 18.9. The van der Waals surface area contributed by atoms with E-state index in [0.29, 0.717) is 24.5 Å². The number of halogens is 1. The highest BCUT2D eigenvalue weighted by Gasteiger charge is 2.37. The van der Waals surface area contributed by atoms with Crippen LogP contribution in [0.2, 0.25) is 0 Å². The van der Waals surface area contributed by atoms with Crippen molar-refractivity contribution in [3.05, 3.63) is 70.0 Å². The second-order valence-electron chi connectivity index (χ2n) is 8.87. The molecule has 1 saturated carbocycles. The summed E-state index contributed by atoms with van der Waals surface area (Å²) < 4.78 is 13.9. The zero-order chi connectivity index (χ0) is 22.7. The van der Waals surface area contributed by atoms with E-state index in [1.54, 1.807) is 6.07 Å². The van der Waals surface area contributed by atoms with Crippen molar-refractivity contribution in [1.82, 2.24) is 5.06 Å². The summed E-state index contributed by atoms with van der Waals surface area (Å²) in [5.74, 6) is -0.140. The summed E-state index contributed by atoms with van der Waals surface area (Å²) in [7, 11) is 0. The molecule has 1 heterocycles. The first-order chi connectivity index (χ1) is 15.5. The standard InChI is InChI=1S/C26H26FN3O2/c1-17-2-3-19(11-23(17)16-29)10-18-4-6-21(7-5-18)26(31)30-25(8-9-32-30)22-12-20(15-28)13-24(27)14-22/h2-3,11-14,18,21,25H,4-10H2,1H3/t18-,21-,25-/m0/s1. The maximum atomic E-state index is 13.9. The monoisotopic (exact) mass is 431 g/mol. The van der Waals surface area contributed by atoms with Gasteiger partial charge in [-0.3, -0.25) is 9.63 Å². The van der Waals surface area contributed by atoms with Crippen LogP contribution in [0.3, 0.4) is 0 Å². The number of carbonyl (C=O) groups is 1. The molecule has 1 amide bonds. The van der Waals surface area contributed by atoms with Crippen molar-refractivity contribution in [3.8, 4) is 12.1 Å². The van der Waals surface area contributed by atoms with E-state index < -0.39 is 5.82 Å². The van der Waals surface area contributed by atoms with Crippen molar-refractivity contribution in [2.24, 2.45) is 11.8 Å². The van der Waals surface area contributed by atoms with Gasteiger partial charge in [-0.05, 0) is 85.9 Å². The van der Waals surface area contributed by atoms with Gasteiger partial charge in [0.05, 0.1) is 35.9 Å². The minimum atomic E-state index is -0.477. The number of aryl methyl sites for hydroxylation is 1. The summed E-state index contributed by atoms with van der Waals surface area (Å²) in [6, 6.07) is 14.1. The van der Waals surface area contributed by atoms with E-state index in [1.807, 2.05) is 25.1 Å². The molecule has 1 aliphatic heterocycles. The minimum Gasteiger partial charge on any atom is -0.272 e. The molecule has 1 atom stereocenters. The van der Waals surface area contributed by atoms with Gasteiger partial charge in [0.15, 0.2) is 0 Å². The largest absolute Gasteiger partial charge is 0.272 e. The van der Waals surface area contributed by atoms with Crippen molar-refractivity contribution >= 4 is 5.91 Å². The number of amides is 1. The molecule has 1 saturated heterocycles. The fourth-order valence-electron chi connectivity index (χ4n) is 4.90. The van der Waals surface area contributed by atoms with Gasteiger partial charge in [0, 0.05) is 12.3 Å². The Hall–Kier alpha value is -3.22. The average molecular weight is 432 g/mol. The van der Waals surface area contributed by atoms with Gasteiger partial charge in [-0.25, -0.2) is 9.45 Å². The number of nitrogens with zero attached hydrogens (tertiary/aromatic N) is 3. The van der Waals surface area contributed by atoms with Crippen LogP contribution in [0.5, 0.6) is 0 Å². The molecule has 164 valence electrons. The van der Waals surface area contributed by atoms with Crippen LogP contribution < -0.4 is 0 Å². The first kappa shape index (κ1) is 22.0. The second-order valence-corrected chi connectivity index (χ2v) is 8.87. The van der Waals surface area contributed by atoms with Crippen LogP contribution in [-0.4, -0.2) is 17.6 Å². The van der Waals surface area contributed by atoms with Crippen molar-refractivity contribution < 1.29 is 14.0 Å². The Balaban J connectivity index is 1.38. The molecule has 4 rings (SSSR count). The molecule has 5 nitrogen and oxygen atoms in total. The van der Waals surface area contributed by atoms with E-state index in [1.165, 1.54) is 22.8 Å². The van der Waals surface area contributed by atoms with E-state index in [2.05, 4.69) is 12.1 Å². The van der Waals surface area contributed by atoms with Gasteiger partial charge in [-0.2, -0.15) is 10.5 Å². The van der Waals surface area contributed by atoms with Crippen LogP contribution in [0.4, 0.5) is 4.39 Å². The number of carbonyl (C=O) groups excluding carboxylic acids is 1. The zero-order valence-corrected chi connectivity index (χ0v) is 18.2. The number of benzene rings is 2. The number of hydrogen-bond acceptors (Lipinski definition) is 4. The molecule has 2 aromatic carbocycles. The molecule has 0 aromatic heterocycles. The molecule has 2 aliphatic rings. The van der Waals surface area contributed by atoms with Crippen LogP contribution in [0.15, 0.2) is 36.4 Å². The number of nitriles is 2. The lowest BCUT2D eigenvalue weighted by Gasteiger charge is -2.32. The van der Waals surface area contributed by atoms with Crippen LogP contribution >= 0.6 is 0 Å². The van der Waals surface area contributed by atoms with Crippen LogP contribution in [0.25, 0.3) is 0 Å². The maximum Gasteiger partial charge on any atom is 0.249 e. The molecule has 2 aromatic rings. The fraction of sp³-hybridized carbons (Fsp3) is 0.423. The van der Waals surface area contributed by atoms with Crippen LogP contribution in [0, 0.1) is 47.2 Å².